The van der Waals surface area contributed by atoms with Crippen molar-refractivity contribution < 1.29 is 14.3 Å². The number of carbonyl (C=O) groups excluding carboxylic acids is 2. The Morgan fingerprint density at radius 3 is 2.31 bits per heavy atom. The number of benzene rings is 3. The lowest BCUT2D eigenvalue weighted by Gasteiger charge is -2.09. The topological polar surface area (TPSA) is 55.4 Å². The van der Waals surface area contributed by atoms with Gasteiger partial charge in [0, 0.05) is 22.9 Å². The van der Waals surface area contributed by atoms with Crippen LogP contribution in [0.4, 0.5) is 5.69 Å². The third kappa shape index (κ3) is 4.57. The van der Waals surface area contributed by atoms with Gasteiger partial charge in [0.15, 0.2) is 12.4 Å². The number of ether oxygens (including phenoxy) is 1. The van der Waals surface area contributed by atoms with Gasteiger partial charge in [-0.25, -0.2) is 0 Å². The number of hydrogen-bond acceptors (Lipinski definition) is 3. The molecule has 0 aliphatic rings. The van der Waals surface area contributed by atoms with E-state index in [2.05, 4.69) is 5.32 Å². The zero-order valence-electron chi connectivity index (χ0n) is 14.4. The highest BCUT2D eigenvalue weighted by Gasteiger charge is 2.08. The van der Waals surface area contributed by atoms with E-state index in [1.165, 1.54) is 0 Å². The second-order valence-electron chi connectivity index (χ2n) is 5.93. The quantitative estimate of drug-likeness (QED) is 0.669. The molecule has 3 aromatic rings. The molecule has 4 nitrogen and oxygen atoms in total. The Labute approximate surface area is 152 Å². The summed E-state index contributed by atoms with van der Waals surface area (Å²) in [5.41, 5.74) is 2.90. The van der Waals surface area contributed by atoms with Gasteiger partial charge in [0.25, 0.3) is 5.91 Å². The first kappa shape index (κ1) is 17.4. The van der Waals surface area contributed by atoms with E-state index < -0.39 is 0 Å². The van der Waals surface area contributed by atoms with E-state index in [-0.39, 0.29) is 18.3 Å². The molecular formula is C22H19NO3. The number of rotatable bonds is 6. The van der Waals surface area contributed by atoms with E-state index in [1.54, 1.807) is 48.5 Å². The molecule has 0 unspecified atom stereocenters. The third-order valence-electron chi connectivity index (χ3n) is 3.87. The predicted octanol–water partition coefficient (Wildman–Crippen LogP) is 4.51. The van der Waals surface area contributed by atoms with Crippen molar-refractivity contribution in [2.75, 3.05) is 11.9 Å². The first-order valence-electron chi connectivity index (χ1n) is 8.31. The molecule has 0 aliphatic heterocycles. The van der Waals surface area contributed by atoms with Crippen molar-refractivity contribution in [2.45, 2.75) is 6.92 Å². The molecule has 0 aromatic heterocycles. The molecule has 130 valence electrons. The molecule has 1 N–H and O–H groups in total. The van der Waals surface area contributed by atoms with Gasteiger partial charge < -0.3 is 10.1 Å². The van der Waals surface area contributed by atoms with Crippen molar-refractivity contribution in [2.24, 2.45) is 0 Å². The number of aryl methyl sites for hydroxylation is 1. The van der Waals surface area contributed by atoms with Crippen LogP contribution in [0, 0.1) is 6.92 Å². The SMILES string of the molecule is Cc1ccc(C(=O)Nc2cccc(OCC(=O)c3ccccc3)c2)cc1. The number of anilines is 1. The van der Waals surface area contributed by atoms with Crippen molar-refractivity contribution >= 4 is 17.4 Å². The molecule has 26 heavy (non-hydrogen) atoms. The number of ketones is 1. The summed E-state index contributed by atoms with van der Waals surface area (Å²) in [6.45, 7) is 1.92. The molecule has 0 saturated carbocycles. The number of amides is 1. The zero-order valence-corrected chi connectivity index (χ0v) is 14.4. The number of hydrogen-bond donors (Lipinski definition) is 1. The normalized spacial score (nSPS) is 10.2. The summed E-state index contributed by atoms with van der Waals surface area (Å²) >= 11 is 0. The average Bonchev–Trinajstić information content (AvgIpc) is 2.67. The van der Waals surface area contributed by atoms with Crippen LogP contribution >= 0.6 is 0 Å². The van der Waals surface area contributed by atoms with Crippen molar-refractivity contribution in [1.82, 2.24) is 0 Å². The van der Waals surface area contributed by atoms with Gasteiger partial charge in [-0.1, -0.05) is 54.1 Å². The van der Waals surface area contributed by atoms with Gasteiger partial charge in [-0.05, 0) is 31.2 Å². The van der Waals surface area contributed by atoms with Crippen LogP contribution in [0.1, 0.15) is 26.3 Å². The standard InChI is InChI=1S/C22H19NO3/c1-16-10-12-18(13-11-16)22(25)23-19-8-5-9-20(14-19)26-15-21(24)17-6-3-2-4-7-17/h2-14H,15H2,1H3,(H,23,25). The van der Waals surface area contributed by atoms with Crippen LogP contribution in [0.3, 0.4) is 0 Å². The van der Waals surface area contributed by atoms with Crippen LogP contribution in [0.5, 0.6) is 5.75 Å². The summed E-state index contributed by atoms with van der Waals surface area (Å²) in [4.78, 5) is 24.4. The summed E-state index contributed by atoms with van der Waals surface area (Å²) < 4.78 is 5.57. The maximum Gasteiger partial charge on any atom is 0.255 e. The Balaban J connectivity index is 1.62. The lowest BCUT2D eigenvalue weighted by molar-refractivity contribution is 0.0920. The molecular weight excluding hydrogens is 326 g/mol. The third-order valence-corrected chi connectivity index (χ3v) is 3.87. The van der Waals surface area contributed by atoms with Gasteiger partial charge in [0.1, 0.15) is 5.75 Å². The van der Waals surface area contributed by atoms with Crippen molar-refractivity contribution in [3.05, 3.63) is 95.6 Å². The van der Waals surface area contributed by atoms with E-state index in [4.69, 9.17) is 4.74 Å². The Hall–Kier alpha value is -3.40. The maximum absolute atomic E-state index is 12.3. The molecule has 0 bridgehead atoms. The molecule has 0 atom stereocenters. The fraction of sp³-hybridized carbons (Fsp3) is 0.0909. The fourth-order valence-electron chi connectivity index (χ4n) is 2.43. The van der Waals surface area contributed by atoms with Gasteiger partial charge in [0.05, 0.1) is 0 Å². The first-order valence-corrected chi connectivity index (χ1v) is 8.31. The van der Waals surface area contributed by atoms with E-state index in [1.807, 2.05) is 37.3 Å². The molecule has 0 saturated heterocycles. The lowest BCUT2D eigenvalue weighted by Crippen LogP contribution is -2.13. The van der Waals surface area contributed by atoms with Crippen LogP contribution in [0.2, 0.25) is 0 Å². The van der Waals surface area contributed by atoms with Crippen molar-refractivity contribution in [3.63, 3.8) is 0 Å². The van der Waals surface area contributed by atoms with Gasteiger partial charge in [0.2, 0.25) is 0 Å². The monoisotopic (exact) mass is 345 g/mol. The number of carbonyl (C=O) groups is 2. The summed E-state index contributed by atoms with van der Waals surface area (Å²) in [7, 11) is 0. The fourth-order valence-corrected chi connectivity index (χ4v) is 2.43. The molecule has 0 radical (unpaired) electrons. The highest BCUT2D eigenvalue weighted by Crippen LogP contribution is 2.18. The van der Waals surface area contributed by atoms with Gasteiger partial charge >= 0.3 is 0 Å². The minimum absolute atomic E-state index is 0.0562. The molecule has 0 heterocycles. The lowest BCUT2D eigenvalue weighted by atomic mass is 10.1. The van der Waals surface area contributed by atoms with Gasteiger partial charge in [-0.2, -0.15) is 0 Å². The van der Waals surface area contributed by atoms with E-state index in [0.29, 0.717) is 22.6 Å². The van der Waals surface area contributed by atoms with Crippen LogP contribution < -0.4 is 10.1 Å². The van der Waals surface area contributed by atoms with Crippen LogP contribution in [0.25, 0.3) is 0 Å². The Kier molecular flexibility index (Phi) is 5.44. The summed E-state index contributed by atoms with van der Waals surface area (Å²) in [6.07, 6.45) is 0. The van der Waals surface area contributed by atoms with Crippen LogP contribution in [-0.4, -0.2) is 18.3 Å². The summed E-state index contributed by atoms with van der Waals surface area (Å²) in [5, 5.41) is 2.83. The van der Waals surface area contributed by atoms with Gasteiger partial charge in [-0.15, -0.1) is 0 Å². The maximum atomic E-state index is 12.3. The molecule has 3 aromatic carbocycles. The molecule has 1 amide bonds. The smallest absolute Gasteiger partial charge is 0.255 e. The van der Waals surface area contributed by atoms with Crippen LogP contribution in [0.15, 0.2) is 78.9 Å². The minimum Gasteiger partial charge on any atom is -0.485 e. The summed E-state index contributed by atoms with van der Waals surface area (Å²) in [6, 6.07) is 23.3. The number of Topliss-reactive ketones (excluding diaryl/α,β-unsaturated/α-hetero) is 1. The zero-order chi connectivity index (χ0) is 18.4. The molecule has 0 aliphatic carbocycles. The second kappa shape index (κ2) is 8.12. The van der Waals surface area contributed by atoms with Gasteiger partial charge in [-0.3, -0.25) is 9.59 Å². The minimum atomic E-state index is -0.192. The molecule has 0 spiro atoms. The first-order chi connectivity index (χ1) is 12.6. The largest absolute Gasteiger partial charge is 0.485 e. The highest BCUT2D eigenvalue weighted by atomic mass is 16.5. The highest BCUT2D eigenvalue weighted by molar-refractivity contribution is 6.04. The number of nitrogens with one attached hydrogen (secondary N) is 1. The Bertz CT molecular complexity index is 902. The molecule has 3 rings (SSSR count). The van der Waals surface area contributed by atoms with E-state index in [9.17, 15) is 9.59 Å². The van der Waals surface area contributed by atoms with Crippen molar-refractivity contribution in [3.8, 4) is 5.75 Å². The van der Waals surface area contributed by atoms with Crippen LogP contribution in [-0.2, 0) is 0 Å². The average molecular weight is 345 g/mol. The summed E-state index contributed by atoms with van der Waals surface area (Å²) in [5.74, 6) is 0.234. The molecule has 0 fully saturated rings. The predicted molar refractivity (Wildman–Crippen MR) is 102 cm³/mol. The second-order valence-corrected chi connectivity index (χ2v) is 5.93. The van der Waals surface area contributed by atoms with E-state index in [0.717, 1.165) is 5.56 Å². The van der Waals surface area contributed by atoms with E-state index >= 15 is 0 Å². The van der Waals surface area contributed by atoms with Crippen molar-refractivity contribution in [1.29, 1.82) is 0 Å². The Morgan fingerprint density at radius 2 is 1.58 bits per heavy atom. The Morgan fingerprint density at radius 1 is 0.846 bits per heavy atom. The molecule has 4 heteroatoms.